The second-order valence-corrected chi connectivity index (χ2v) is 13.3. The topological polar surface area (TPSA) is 121 Å². The van der Waals surface area contributed by atoms with Gasteiger partial charge in [-0.3, -0.25) is 14.2 Å². The quantitative estimate of drug-likeness (QED) is 0.201. The molecular formula is C28H25Cl2N3O5S2. The van der Waals surface area contributed by atoms with Crippen molar-refractivity contribution in [3.8, 4) is 0 Å². The Morgan fingerprint density at radius 2 is 1.27 bits per heavy atom. The Kier molecular flexibility index (Phi) is 8.46. The zero-order chi connectivity index (χ0) is 29.2. The van der Waals surface area contributed by atoms with Gasteiger partial charge in [0.1, 0.15) is 4.90 Å². The van der Waals surface area contributed by atoms with E-state index >= 15 is 0 Å². The van der Waals surface area contributed by atoms with E-state index in [4.69, 9.17) is 23.2 Å². The first-order valence-corrected chi connectivity index (χ1v) is 15.6. The first kappa shape index (κ1) is 29.4. The maximum Gasteiger partial charge on any atom is 0.263 e. The lowest BCUT2D eigenvalue weighted by atomic mass is 10.1. The lowest BCUT2D eigenvalue weighted by Crippen LogP contribution is -2.17. The van der Waals surface area contributed by atoms with Crippen LogP contribution in [0.2, 0.25) is 10.0 Å². The van der Waals surface area contributed by atoms with E-state index in [2.05, 4.69) is 14.8 Å². The summed E-state index contributed by atoms with van der Waals surface area (Å²) in [6.07, 6.45) is 0. The van der Waals surface area contributed by atoms with E-state index in [1.165, 1.54) is 48.5 Å². The molecule has 3 N–H and O–H groups in total. The summed E-state index contributed by atoms with van der Waals surface area (Å²) in [4.78, 5) is 12.7. The molecule has 0 saturated carbocycles. The third-order valence-electron chi connectivity index (χ3n) is 5.99. The van der Waals surface area contributed by atoms with E-state index in [0.717, 1.165) is 11.1 Å². The predicted octanol–water partition coefficient (Wildman–Crippen LogP) is 6.77. The molecule has 0 aliphatic rings. The number of carbonyl (C=O) groups is 1. The number of carbonyl (C=O) groups excluding carboxylic acids is 1. The summed E-state index contributed by atoms with van der Waals surface area (Å²) in [5.41, 5.74) is 3.40. The van der Waals surface area contributed by atoms with Gasteiger partial charge in [-0.05, 0) is 98.1 Å². The van der Waals surface area contributed by atoms with Crippen LogP contribution < -0.4 is 14.8 Å². The summed E-state index contributed by atoms with van der Waals surface area (Å²) in [7, 11) is -8.03. The smallest absolute Gasteiger partial charge is 0.263 e. The van der Waals surface area contributed by atoms with Crippen LogP contribution in [0.15, 0.2) is 88.7 Å². The molecule has 0 heterocycles. The monoisotopic (exact) mass is 617 g/mol. The van der Waals surface area contributed by atoms with Gasteiger partial charge in [0.2, 0.25) is 0 Å². The number of aryl methyl sites for hydroxylation is 3. The van der Waals surface area contributed by atoms with Crippen LogP contribution in [0.25, 0.3) is 0 Å². The Hall–Kier alpha value is -3.57. The molecular weight excluding hydrogens is 593 g/mol. The molecule has 8 nitrogen and oxygen atoms in total. The molecule has 0 aromatic heterocycles. The molecule has 4 aromatic carbocycles. The zero-order valence-corrected chi connectivity index (χ0v) is 24.8. The van der Waals surface area contributed by atoms with Crippen molar-refractivity contribution in [3.63, 3.8) is 0 Å². The van der Waals surface area contributed by atoms with Crippen LogP contribution in [0.5, 0.6) is 0 Å². The molecule has 0 bridgehead atoms. The summed E-state index contributed by atoms with van der Waals surface area (Å²) >= 11 is 12.2. The fraction of sp³-hybridized carbons (Fsp3) is 0.107. The number of sulfonamides is 2. The van der Waals surface area contributed by atoms with Crippen LogP contribution in [0, 0.1) is 20.8 Å². The van der Waals surface area contributed by atoms with Gasteiger partial charge in [0, 0.05) is 16.3 Å². The molecule has 0 fully saturated rings. The van der Waals surface area contributed by atoms with Crippen LogP contribution in [0.4, 0.5) is 17.1 Å². The summed E-state index contributed by atoms with van der Waals surface area (Å²) < 4.78 is 57.0. The van der Waals surface area contributed by atoms with Crippen LogP contribution in [-0.4, -0.2) is 22.7 Å². The molecule has 208 valence electrons. The number of benzene rings is 4. The normalized spacial score (nSPS) is 11.6. The van der Waals surface area contributed by atoms with Crippen molar-refractivity contribution in [2.24, 2.45) is 0 Å². The van der Waals surface area contributed by atoms with Crippen LogP contribution in [0.1, 0.15) is 27.0 Å². The average Bonchev–Trinajstić information content (AvgIpc) is 2.88. The van der Waals surface area contributed by atoms with Gasteiger partial charge in [0.25, 0.3) is 26.0 Å². The van der Waals surface area contributed by atoms with E-state index in [0.29, 0.717) is 27.6 Å². The van der Waals surface area contributed by atoms with E-state index in [9.17, 15) is 21.6 Å². The molecule has 0 spiro atoms. The number of hydrogen-bond acceptors (Lipinski definition) is 5. The highest BCUT2D eigenvalue weighted by molar-refractivity contribution is 7.93. The molecule has 0 atom stereocenters. The van der Waals surface area contributed by atoms with Gasteiger partial charge in [-0.1, -0.05) is 41.4 Å². The molecule has 0 aliphatic heterocycles. The highest BCUT2D eigenvalue weighted by Crippen LogP contribution is 2.28. The van der Waals surface area contributed by atoms with E-state index in [1.807, 2.05) is 13.0 Å². The minimum atomic E-state index is -4.11. The maximum atomic E-state index is 13.1. The van der Waals surface area contributed by atoms with Gasteiger partial charge >= 0.3 is 0 Å². The van der Waals surface area contributed by atoms with Crippen molar-refractivity contribution in [2.75, 3.05) is 14.8 Å². The van der Waals surface area contributed by atoms with E-state index in [1.54, 1.807) is 38.1 Å². The lowest BCUT2D eigenvalue weighted by Gasteiger charge is -2.14. The second-order valence-electron chi connectivity index (χ2n) is 9.11. The predicted molar refractivity (Wildman–Crippen MR) is 160 cm³/mol. The SMILES string of the molecule is Cc1ccc(C)c(NS(=O)(=O)c2cc(C(=O)Nc3ccc(S(=O)(=O)Nc4cc(Cl)ccc4C)cc3)ccc2Cl)c1. The maximum absolute atomic E-state index is 13.1. The van der Waals surface area contributed by atoms with Crippen molar-refractivity contribution in [1.82, 2.24) is 0 Å². The van der Waals surface area contributed by atoms with Crippen LogP contribution in [0.3, 0.4) is 0 Å². The molecule has 40 heavy (non-hydrogen) atoms. The highest BCUT2D eigenvalue weighted by Gasteiger charge is 2.22. The summed E-state index contributed by atoms with van der Waals surface area (Å²) in [5, 5.41) is 2.98. The average molecular weight is 619 g/mol. The minimum Gasteiger partial charge on any atom is -0.322 e. The third-order valence-corrected chi connectivity index (χ3v) is 9.45. The Morgan fingerprint density at radius 3 is 1.95 bits per heavy atom. The number of amides is 1. The van der Waals surface area contributed by atoms with E-state index < -0.39 is 26.0 Å². The Morgan fingerprint density at radius 1 is 0.675 bits per heavy atom. The molecule has 0 aliphatic carbocycles. The number of rotatable bonds is 8. The van der Waals surface area contributed by atoms with Crippen molar-refractivity contribution >= 4 is 66.2 Å². The first-order chi connectivity index (χ1) is 18.7. The van der Waals surface area contributed by atoms with Crippen molar-refractivity contribution in [2.45, 2.75) is 30.6 Å². The van der Waals surface area contributed by atoms with Crippen molar-refractivity contribution in [1.29, 1.82) is 0 Å². The van der Waals surface area contributed by atoms with Gasteiger partial charge in [0.05, 0.1) is 21.3 Å². The van der Waals surface area contributed by atoms with Crippen LogP contribution >= 0.6 is 23.2 Å². The molecule has 0 saturated heterocycles. The standard InChI is InChI=1S/C28H25Cl2N3O5S2/c1-17-4-5-18(2)25(14-17)33-40(37,38)27-15-20(7-13-24(27)30)28(34)31-22-9-11-23(12-10-22)39(35,36)32-26-16-21(29)8-6-19(26)3/h4-16,32-33H,1-3H3,(H,31,34). The number of halogens is 2. The Labute approximate surface area is 243 Å². The molecule has 1 amide bonds. The van der Waals surface area contributed by atoms with Gasteiger partial charge < -0.3 is 5.32 Å². The zero-order valence-electron chi connectivity index (χ0n) is 21.6. The molecule has 4 aromatic rings. The Balaban J connectivity index is 1.52. The van der Waals surface area contributed by atoms with E-state index in [-0.39, 0.29) is 20.4 Å². The summed E-state index contributed by atoms with van der Waals surface area (Å²) in [6, 6.07) is 19.7. The molecule has 0 unspecified atom stereocenters. The summed E-state index contributed by atoms with van der Waals surface area (Å²) in [6.45, 7) is 5.36. The molecule has 12 heteroatoms. The van der Waals surface area contributed by atoms with Crippen molar-refractivity contribution in [3.05, 3.63) is 111 Å². The Bertz CT molecular complexity index is 1830. The first-order valence-electron chi connectivity index (χ1n) is 11.9. The lowest BCUT2D eigenvalue weighted by molar-refractivity contribution is 0.102. The largest absolute Gasteiger partial charge is 0.322 e. The highest BCUT2D eigenvalue weighted by atomic mass is 35.5. The van der Waals surface area contributed by atoms with Gasteiger partial charge in [-0.25, -0.2) is 16.8 Å². The van der Waals surface area contributed by atoms with Gasteiger partial charge in [0.15, 0.2) is 0 Å². The summed E-state index contributed by atoms with van der Waals surface area (Å²) in [5.74, 6) is -0.608. The van der Waals surface area contributed by atoms with Gasteiger partial charge in [-0.2, -0.15) is 0 Å². The molecule has 4 rings (SSSR count). The number of hydrogen-bond donors (Lipinski definition) is 3. The molecule has 0 radical (unpaired) electrons. The second kappa shape index (κ2) is 11.5. The number of nitrogens with one attached hydrogen (secondary N) is 3. The van der Waals surface area contributed by atoms with Crippen LogP contribution in [-0.2, 0) is 20.0 Å². The van der Waals surface area contributed by atoms with Crippen molar-refractivity contribution < 1.29 is 21.6 Å². The fourth-order valence-electron chi connectivity index (χ4n) is 3.72. The minimum absolute atomic E-state index is 0.0257. The fourth-order valence-corrected chi connectivity index (χ4v) is 6.67. The third kappa shape index (κ3) is 6.76. The van der Waals surface area contributed by atoms with Gasteiger partial charge in [-0.15, -0.1) is 0 Å². The number of anilines is 3.